The van der Waals surface area contributed by atoms with Crippen molar-refractivity contribution >= 4 is 0 Å². The molecule has 0 spiro atoms. The van der Waals surface area contributed by atoms with Crippen molar-refractivity contribution in [3.05, 3.63) is 133 Å². The van der Waals surface area contributed by atoms with Crippen LogP contribution in [-0.4, -0.2) is 68.1 Å². The van der Waals surface area contributed by atoms with Crippen LogP contribution in [0.3, 0.4) is 0 Å². The van der Waals surface area contributed by atoms with Crippen molar-refractivity contribution in [1.29, 1.82) is 0 Å². The van der Waals surface area contributed by atoms with Crippen LogP contribution in [0.4, 0.5) is 0 Å². The number of rotatable bonds is 15. The van der Waals surface area contributed by atoms with Gasteiger partial charge >= 0.3 is 0 Å². The van der Waals surface area contributed by atoms with Crippen LogP contribution in [0.1, 0.15) is 42.4 Å². The quantitative estimate of drug-likeness (QED) is 0.166. The van der Waals surface area contributed by atoms with Crippen molar-refractivity contribution in [2.75, 3.05) is 13.2 Å². The van der Waals surface area contributed by atoms with E-state index < -0.39 is 0 Å². The molecule has 0 saturated carbocycles. The van der Waals surface area contributed by atoms with Crippen LogP contribution in [0.5, 0.6) is 0 Å². The van der Waals surface area contributed by atoms with Crippen molar-refractivity contribution < 1.29 is 33.2 Å². The van der Waals surface area contributed by atoms with Crippen molar-refractivity contribution in [3.63, 3.8) is 0 Å². The molecule has 0 aromatic heterocycles. The van der Waals surface area contributed by atoms with Crippen LogP contribution in [-0.2, 0) is 53.0 Å². The van der Waals surface area contributed by atoms with Crippen molar-refractivity contribution in [2.24, 2.45) is 0 Å². The fourth-order valence-electron chi connectivity index (χ4n) is 6.91. The molecule has 7 nitrogen and oxygen atoms in total. The zero-order valence-corrected chi connectivity index (χ0v) is 27.1. The van der Waals surface area contributed by atoms with Crippen LogP contribution in [0.25, 0.3) is 0 Å². The SMILES string of the molecule is C=CCO[C@@H]1[C@@H](OCc2ccccc2)[C@@H]2O[C@@H]3CC[C@H](OCc4ccccc4)[C@@H](COCc4ccccc4)O[C@H]3C[C@H]2O[C@H]1CC=C. The van der Waals surface area contributed by atoms with Crippen LogP contribution in [0.2, 0.25) is 0 Å². The maximum absolute atomic E-state index is 6.94. The molecule has 7 heteroatoms. The first-order chi connectivity index (χ1) is 23.2. The van der Waals surface area contributed by atoms with Gasteiger partial charge in [-0.3, -0.25) is 0 Å². The van der Waals surface area contributed by atoms with Gasteiger partial charge in [0.15, 0.2) is 0 Å². The fourth-order valence-corrected chi connectivity index (χ4v) is 6.91. The molecule has 9 atom stereocenters. The molecular weight excluding hydrogens is 592 g/mol. The summed E-state index contributed by atoms with van der Waals surface area (Å²) < 4.78 is 46.4. The number of hydrogen-bond acceptors (Lipinski definition) is 7. The Morgan fingerprint density at radius 2 is 1.21 bits per heavy atom. The number of ether oxygens (including phenoxy) is 7. The maximum atomic E-state index is 6.94. The molecular formula is C40H48O7. The van der Waals surface area contributed by atoms with E-state index in [0.29, 0.717) is 45.9 Å². The van der Waals surface area contributed by atoms with Gasteiger partial charge in [0.1, 0.15) is 24.4 Å². The molecule has 6 rings (SSSR count). The summed E-state index contributed by atoms with van der Waals surface area (Å²) in [5.41, 5.74) is 3.36. The number of benzene rings is 3. The van der Waals surface area contributed by atoms with Crippen molar-refractivity contribution in [1.82, 2.24) is 0 Å². The van der Waals surface area contributed by atoms with E-state index in [9.17, 15) is 0 Å². The minimum atomic E-state index is -0.335. The molecule has 3 aromatic carbocycles. The number of fused-ring (bicyclic) bond motifs is 2. The highest BCUT2D eigenvalue weighted by Gasteiger charge is 2.53. The zero-order valence-electron chi connectivity index (χ0n) is 27.1. The van der Waals surface area contributed by atoms with Crippen LogP contribution in [0, 0.1) is 0 Å². The van der Waals surface area contributed by atoms with E-state index in [2.05, 4.69) is 49.6 Å². The Kier molecular flexibility index (Phi) is 12.4. The molecule has 0 amide bonds. The first-order valence-corrected chi connectivity index (χ1v) is 16.9. The van der Waals surface area contributed by atoms with Gasteiger partial charge in [-0.2, -0.15) is 0 Å². The Morgan fingerprint density at radius 3 is 1.85 bits per heavy atom. The minimum Gasteiger partial charge on any atom is -0.374 e. The summed E-state index contributed by atoms with van der Waals surface area (Å²) in [6.07, 6.45) is 4.41. The molecule has 250 valence electrons. The van der Waals surface area contributed by atoms with E-state index in [1.807, 2.05) is 60.7 Å². The lowest BCUT2D eigenvalue weighted by molar-refractivity contribution is -0.301. The van der Waals surface area contributed by atoms with Gasteiger partial charge in [-0.25, -0.2) is 0 Å². The van der Waals surface area contributed by atoms with Gasteiger partial charge in [0.25, 0.3) is 0 Å². The van der Waals surface area contributed by atoms with Gasteiger partial charge < -0.3 is 33.2 Å². The summed E-state index contributed by atoms with van der Waals surface area (Å²) in [6.45, 7) is 10.2. The third-order valence-electron chi connectivity index (χ3n) is 9.23. The van der Waals surface area contributed by atoms with E-state index in [1.54, 1.807) is 6.08 Å². The monoisotopic (exact) mass is 640 g/mol. The standard InChI is InChI=1S/C40H48O7/c1-3-14-34-38(42-23-4-2)40(44-27-31-19-12-7-13-20-31)39-36(45-34)24-35-33(47-39)22-21-32(43-26-30-17-10-6-11-18-30)37(46-35)28-41-25-29-15-8-5-9-16-29/h3-13,15-20,32-40H,1-2,14,21-28H2/t32-,33+,34-,35-,36+,37+,38-,39+,40+/m0/s1. The molecule has 3 heterocycles. The molecule has 3 aliphatic rings. The Balaban J connectivity index is 1.19. The molecule has 0 radical (unpaired) electrons. The van der Waals surface area contributed by atoms with E-state index >= 15 is 0 Å². The highest BCUT2D eigenvalue weighted by molar-refractivity contribution is 5.15. The summed E-state index contributed by atoms with van der Waals surface area (Å²) >= 11 is 0. The summed E-state index contributed by atoms with van der Waals surface area (Å²) in [7, 11) is 0. The summed E-state index contributed by atoms with van der Waals surface area (Å²) in [5.74, 6) is 0. The third kappa shape index (κ3) is 9.06. The highest BCUT2D eigenvalue weighted by atomic mass is 16.6. The maximum Gasteiger partial charge on any atom is 0.115 e. The van der Waals surface area contributed by atoms with Crippen LogP contribution >= 0.6 is 0 Å². The Morgan fingerprint density at radius 1 is 0.596 bits per heavy atom. The lowest BCUT2D eigenvalue weighted by atomic mass is 9.86. The van der Waals surface area contributed by atoms with Crippen molar-refractivity contribution in [2.45, 2.75) is 100 Å². The van der Waals surface area contributed by atoms with Gasteiger partial charge in [0, 0.05) is 6.42 Å². The third-order valence-corrected chi connectivity index (χ3v) is 9.23. The van der Waals surface area contributed by atoms with Gasteiger partial charge in [0.2, 0.25) is 0 Å². The first kappa shape index (κ1) is 33.7. The molecule has 0 N–H and O–H groups in total. The average Bonchev–Trinajstić information content (AvgIpc) is 3.28. The molecule has 3 fully saturated rings. The normalized spacial score (nSPS) is 30.4. The molecule has 0 unspecified atom stereocenters. The summed E-state index contributed by atoms with van der Waals surface area (Å²) in [5, 5.41) is 0. The fraction of sp³-hybridized carbons (Fsp3) is 0.450. The van der Waals surface area contributed by atoms with Gasteiger partial charge in [-0.1, -0.05) is 103 Å². The van der Waals surface area contributed by atoms with Gasteiger partial charge in [-0.15, -0.1) is 13.2 Å². The highest BCUT2D eigenvalue weighted by Crippen LogP contribution is 2.40. The lowest BCUT2D eigenvalue weighted by Gasteiger charge is -2.51. The Hall–Kier alpha value is -3.14. The summed E-state index contributed by atoms with van der Waals surface area (Å²) in [6, 6.07) is 30.7. The van der Waals surface area contributed by atoms with Crippen LogP contribution in [0.15, 0.2) is 116 Å². The second-order valence-electron chi connectivity index (χ2n) is 12.6. The second kappa shape index (κ2) is 17.3. The first-order valence-electron chi connectivity index (χ1n) is 16.9. The molecule has 3 aliphatic heterocycles. The smallest absolute Gasteiger partial charge is 0.115 e. The second-order valence-corrected chi connectivity index (χ2v) is 12.6. The van der Waals surface area contributed by atoms with Crippen LogP contribution < -0.4 is 0 Å². The summed E-state index contributed by atoms with van der Waals surface area (Å²) in [4.78, 5) is 0. The van der Waals surface area contributed by atoms with E-state index in [4.69, 9.17) is 33.2 Å². The molecule has 3 saturated heterocycles. The van der Waals surface area contributed by atoms with E-state index in [1.165, 1.54) is 0 Å². The van der Waals surface area contributed by atoms with E-state index in [0.717, 1.165) is 29.5 Å². The predicted molar refractivity (Wildman–Crippen MR) is 181 cm³/mol. The van der Waals surface area contributed by atoms with Gasteiger partial charge in [-0.05, 0) is 36.0 Å². The largest absolute Gasteiger partial charge is 0.374 e. The lowest BCUT2D eigenvalue weighted by Crippen LogP contribution is -2.64. The minimum absolute atomic E-state index is 0.138. The molecule has 0 bridgehead atoms. The molecule has 0 aliphatic carbocycles. The Labute approximate surface area is 279 Å². The van der Waals surface area contributed by atoms with Gasteiger partial charge in [0.05, 0.1) is 63.6 Å². The predicted octanol–water partition coefficient (Wildman–Crippen LogP) is 6.99. The Bertz CT molecular complexity index is 1350. The molecule has 47 heavy (non-hydrogen) atoms. The topological polar surface area (TPSA) is 64.6 Å². The zero-order chi connectivity index (χ0) is 32.3. The van der Waals surface area contributed by atoms with Crippen molar-refractivity contribution in [3.8, 4) is 0 Å². The molecule has 3 aromatic rings. The average molecular weight is 641 g/mol. The number of hydrogen-bond donors (Lipinski definition) is 0. The van der Waals surface area contributed by atoms with E-state index in [-0.39, 0.29) is 54.9 Å².